The summed E-state index contributed by atoms with van der Waals surface area (Å²) in [5, 5.41) is 21.4. The lowest BCUT2D eigenvalue weighted by Crippen LogP contribution is -2.13. The second-order valence-corrected chi connectivity index (χ2v) is 4.82. The Bertz CT molecular complexity index is 818. The Morgan fingerprint density at radius 3 is 2.73 bits per heavy atom. The zero-order valence-electron chi connectivity index (χ0n) is 10.8. The Kier molecular flexibility index (Phi) is 4.45. The maximum absolute atomic E-state index is 12.1. The molecule has 0 saturated carbocycles. The third-order valence-electron chi connectivity index (χ3n) is 2.37. The average molecular weight is 317 g/mol. The molecule has 1 heterocycles. The van der Waals surface area contributed by atoms with E-state index in [0.717, 1.165) is 6.20 Å². The van der Waals surface area contributed by atoms with Crippen LogP contribution < -0.4 is 5.32 Å². The van der Waals surface area contributed by atoms with Gasteiger partial charge in [0.05, 0.1) is 10.5 Å². The number of anilines is 1. The summed E-state index contributed by atoms with van der Waals surface area (Å²) in [6.07, 6.45) is 1.04. The van der Waals surface area contributed by atoms with Gasteiger partial charge in [-0.2, -0.15) is 0 Å². The van der Waals surface area contributed by atoms with Gasteiger partial charge >= 0.3 is 11.0 Å². The van der Waals surface area contributed by atoms with E-state index < -0.39 is 16.8 Å². The van der Waals surface area contributed by atoms with Gasteiger partial charge in [-0.05, 0) is 23.5 Å². The van der Waals surface area contributed by atoms with Gasteiger partial charge in [-0.3, -0.25) is 20.2 Å². The first kappa shape index (κ1) is 15.1. The smallest absolute Gasteiger partial charge is 0.382 e. The van der Waals surface area contributed by atoms with Gasteiger partial charge in [0.1, 0.15) is 6.20 Å². The maximum Gasteiger partial charge on any atom is 0.382 e. The van der Waals surface area contributed by atoms with E-state index in [4.69, 9.17) is 5.11 Å². The summed E-state index contributed by atoms with van der Waals surface area (Å²) in [6, 6.07) is 6.15. The molecule has 1 amide bonds. The van der Waals surface area contributed by atoms with Gasteiger partial charge in [0.2, 0.25) is 0 Å². The fraction of sp³-hybridized carbons (Fsp3) is 0. The van der Waals surface area contributed by atoms with Crippen molar-refractivity contribution < 1.29 is 19.6 Å². The summed E-state index contributed by atoms with van der Waals surface area (Å²) in [6.45, 7) is 0. The molecule has 2 aromatic rings. The molecule has 0 aliphatic carbocycles. The predicted octanol–water partition coefficient (Wildman–Crippen LogP) is 1.74. The molecule has 0 aliphatic heterocycles. The Hall–Kier alpha value is -3.25. The minimum absolute atomic E-state index is 0.0673. The van der Waals surface area contributed by atoms with Gasteiger partial charge in [-0.1, -0.05) is 18.1 Å². The summed E-state index contributed by atoms with van der Waals surface area (Å²) in [7, 11) is 0. The number of nitrogens with zero attached hydrogens (tertiary/aromatic N) is 2. The molecule has 1 aromatic carbocycles. The molecule has 22 heavy (non-hydrogen) atoms. The standard InChI is InChI=1S/C13H7N3O5S/c17-11(18)6-5-8-3-1-2-4-9(8)12(19)15-13-14-7-10(22-13)16(20)21/h1-4,7H,(H,17,18)(H,14,15,19). The molecule has 1 aromatic heterocycles. The zero-order chi connectivity index (χ0) is 16.1. The van der Waals surface area contributed by atoms with Crippen LogP contribution in [0.2, 0.25) is 0 Å². The van der Waals surface area contributed by atoms with Crippen LogP contribution in [-0.2, 0) is 4.79 Å². The van der Waals surface area contributed by atoms with Crippen molar-refractivity contribution in [3.63, 3.8) is 0 Å². The van der Waals surface area contributed by atoms with Crippen LogP contribution in [0.25, 0.3) is 0 Å². The number of aliphatic carboxylic acids is 1. The Balaban J connectivity index is 2.24. The van der Waals surface area contributed by atoms with E-state index in [9.17, 15) is 19.7 Å². The molecule has 0 bridgehead atoms. The average Bonchev–Trinajstić information content (AvgIpc) is 2.94. The van der Waals surface area contributed by atoms with Crippen molar-refractivity contribution in [2.24, 2.45) is 0 Å². The maximum atomic E-state index is 12.1. The molecule has 0 spiro atoms. The second kappa shape index (κ2) is 6.47. The Morgan fingerprint density at radius 1 is 1.36 bits per heavy atom. The van der Waals surface area contributed by atoms with Crippen molar-refractivity contribution in [1.29, 1.82) is 0 Å². The Labute approximate surface area is 127 Å². The predicted molar refractivity (Wildman–Crippen MR) is 77.7 cm³/mol. The molecule has 8 nitrogen and oxygen atoms in total. The van der Waals surface area contributed by atoms with E-state index in [0.29, 0.717) is 11.3 Å². The molecule has 9 heteroatoms. The number of aromatic nitrogens is 1. The van der Waals surface area contributed by atoms with E-state index in [-0.39, 0.29) is 21.3 Å². The number of amides is 1. The van der Waals surface area contributed by atoms with Crippen molar-refractivity contribution in [3.8, 4) is 11.8 Å². The fourth-order valence-electron chi connectivity index (χ4n) is 1.48. The molecule has 110 valence electrons. The zero-order valence-corrected chi connectivity index (χ0v) is 11.6. The highest BCUT2D eigenvalue weighted by molar-refractivity contribution is 7.18. The molecule has 0 saturated heterocycles. The van der Waals surface area contributed by atoms with Gasteiger partial charge in [-0.15, -0.1) is 0 Å². The van der Waals surface area contributed by atoms with Crippen LogP contribution in [0.1, 0.15) is 15.9 Å². The number of carbonyl (C=O) groups excluding carboxylic acids is 1. The first-order valence-electron chi connectivity index (χ1n) is 5.73. The van der Waals surface area contributed by atoms with Crippen molar-refractivity contribution >= 4 is 33.3 Å². The van der Waals surface area contributed by atoms with Crippen LogP contribution in [0.15, 0.2) is 30.5 Å². The lowest BCUT2D eigenvalue weighted by atomic mass is 10.1. The van der Waals surface area contributed by atoms with Gasteiger partial charge in [0, 0.05) is 11.5 Å². The van der Waals surface area contributed by atoms with Crippen molar-refractivity contribution in [2.75, 3.05) is 5.32 Å². The van der Waals surface area contributed by atoms with E-state index in [1.165, 1.54) is 12.1 Å². The van der Waals surface area contributed by atoms with Gasteiger partial charge in [0.15, 0.2) is 5.13 Å². The van der Waals surface area contributed by atoms with Crippen molar-refractivity contribution in [1.82, 2.24) is 4.98 Å². The number of nitro groups is 1. The number of carbonyl (C=O) groups is 2. The molecular weight excluding hydrogens is 310 g/mol. The largest absolute Gasteiger partial charge is 0.472 e. The SMILES string of the molecule is O=C(O)C#Cc1ccccc1C(=O)Nc1ncc([N+](=O)[O-])s1. The van der Waals surface area contributed by atoms with Crippen LogP contribution in [0.3, 0.4) is 0 Å². The molecule has 0 aliphatic rings. The molecule has 2 N–H and O–H groups in total. The van der Waals surface area contributed by atoms with Gasteiger partial charge < -0.3 is 5.11 Å². The number of hydrogen-bond donors (Lipinski definition) is 2. The van der Waals surface area contributed by atoms with Crippen molar-refractivity contribution in [2.45, 2.75) is 0 Å². The highest BCUT2D eigenvalue weighted by Crippen LogP contribution is 2.25. The van der Waals surface area contributed by atoms with Crippen LogP contribution in [0, 0.1) is 22.0 Å². The second-order valence-electron chi connectivity index (χ2n) is 3.82. The Morgan fingerprint density at radius 2 is 2.09 bits per heavy atom. The lowest BCUT2D eigenvalue weighted by Gasteiger charge is -2.03. The summed E-state index contributed by atoms with van der Waals surface area (Å²) in [5.41, 5.74) is 0.377. The third-order valence-corrected chi connectivity index (χ3v) is 3.23. The van der Waals surface area contributed by atoms with Crippen LogP contribution in [0.5, 0.6) is 0 Å². The van der Waals surface area contributed by atoms with E-state index >= 15 is 0 Å². The van der Waals surface area contributed by atoms with E-state index in [1.807, 2.05) is 5.92 Å². The number of nitrogens with one attached hydrogen (secondary N) is 1. The molecule has 2 rings (SSSR count). The number of rotatable bonds is 3. The normalized spacial score (nSPS) is 9.45. The number of hydrogen-bond acceptors (Lipinski definition) is 6. The summed E-state index contributed by atoms with van der Waals surface area (Å²) in [5.74, 6) is 2.39. The molecule has 0 fully saturated rings. The van der Waals surface area contributed by atoms with Gasteiger partial charge in [0.25, 0.3) is 5.91 Å². The third kappa shape index (κ3) is 3.65. The summed E-state index contributed by atoms with van der Waals surface area (Å²) < 4.78 is 0. The van der Waals surface area contributed by atoms with Crippen molar-refractivity contribution in [3.05, 3.63) is 51.7 Å². The molecule has 0 radical (unpaired) electrons. The van der Waals surface area contributed by atoms with E-state index in [1.54, 1.807) is 12.1 Å². The fourth-order valence-corrected chi connectivity index (χ4v) is 2.11. The van der Waals surface area contributed by atoms with Gasteiger partial charge in [-0.25, -0.2) is 9.78 Å². The summed E-state index contributed by atoms with van der Waals surface area (Å²) in [4.78, 5) is 36.3. The number of carboxylic acids is 1. The minimum Gasteiger partial charge on any atom is -0.472 e. The highest BCUT2D eigenvalue weighted by atomic mass is 32.1. The monoisotopic (exact) mass is 317 g/mol. The van der Waals surface area contributed by atoms with Crippen LogP contribution >= 0.6 is 11.3 Å². The first-order valence-corrected chi connectivity index (χ1v) is 6.54. The topological polar surface area (TPSA) is 122 Å². The van der Waals surface area contributed by atoms with Crippen LogP contribution in [-0.4, -0.2) is 26.9 Å². The number of thiazole rings is 1. The number of carboxylic acid groups (broad SMARTS) is 1. The number of benzene rings is 1. The molecular formula is C13H7N3O5S. The highest BCUT2D eigenvalue weighted by Gasteiger charge is 2.15. The first-order chi connectivity index (χ1) is 10.5. The summed E-state index contributed by atoms with van der Waals surface area (Å²) >= 11 is 0.716. The molecule has 0 atom stereocenters. The van der Waals surface area contributed by atoms with E-state index in [2.05, 4.69) is 16.2 Å². The minimum atomic E-state index is -1.31. The lowest BCUT2D eigenvalue weighted by molar-refractivity contribution is -0.380. The molecule has 0 unspecified atom stereocenters. The quantitative estimate of drug-likeness (QED) is 0.505. The van der Waals surface area contributed by atoms with Crippen LogP contribution in [0.4, 0.5) is 10.1 Å².